The van der Waals surface area contributed by atoms with Crippen LogP contribution in [0.25, 0.3) is 0 Å². The topological polar surface area (TPSA) is 165 Å². The quantitative estimate of drug-likeness (QED) is 0.162. The molecule has 0 bridgehead atoms. The minimum Gasteiger partial charge on any atom is -0.425 e. The molecular weight excluding hydrogens is 441 g/mol. The van der Waals surface area contributed by atoms with Crippen LogP contribution in [0.5, 0.6) is 0 Å². The zero-order chi connectivity index (χ0) is 25.1. The summed E-state index contributed by atoms with van der Waals surface area (Å²) in [6, 6.07) is 8.12. The molecule has 0 aromatic heterocycles. The highest BCUT2D eigenvalue weighted by Gasteiger charge is 2.46. The van der Waals surface area contributed by atoms with Crippen molar-refractivity contribution < 1.29 is 33.4 Å². The summed E-state index contributed by atoms with van der Waals surface area (Å²) >= 11 is 0. The number of hydrogen-bond acceptors (Lipinski definition) is 9. The van der Waals surface area contributed by atoms with Gasteiger partial charge in [-0.3, -0.25) is 9.59 Å². The smallest absolute Gasteiger partial charge is 0.425 e. The summed E-state index contributed by atoms with van der Waals surface area (Å²) < 4.78 is 15.0. The van der Waals surface area contributed by atoms with Gasteiger partial charge in [-0.05, 0) is 17.9 Å². The number of hydrogen-bond donors (Lipinski definition) is 5. The molecule has 1 heterocycles. The van der Waals surface area contributed by atoms with Gasteiger partial charge < -0.3 is 40.1 Å². The highest BCUT2D eigenvalue weighted by molar-refractivity contribution is 6.69. The van der Waals surface area contributed by atoms with Crippen LogP contribution in [0.4, 0.5) is 0 Å². The van der Waals surface area contributed by atoms with Gasteiger partial charge in [0.15, 0.2) is 0 Å². The predicted octanol–water partition coefficient (Wildman–Crippen LogP) is -0.653. The van der Waals surface area contributed by atoms with E-state index in [0.717, 1.165) is 11.8 Å². The molecule has 34 heavy (non-hydrogen) atoms. The van der Waals surface area contributed by atoms with E-state index in [9.17, 15) is 19.6 Å². The standard InChI is InChI=1S/C20H29B3N4O7/c1-4-10-25-17(13-24)20(29)26-16(12-15-8-6-5-7-9-15)19(28)27-18(11-14(2)3)21-32-22(30)34-23(31)33-21/h4-10,13-14,16,18,30-31H,1,11-12,24H2,2-3H3,(H,26,29)(H,27,28)/b17-13-,25-10-. The molecule has 6 N–H and O–H groups in total. The minimum absolute atomic E-state index is 0.0909. The van der Waals surface area contributed by atoms with Crippen LogP contribution in [0.3, 0.4) is 0 Å². The summed E-state index contributed by atoms with van der Waals surface area (Å²) in [4.78, 5) is 29.9. The van der Waals surface area contributed by atoms with Gasteiger partial charge in [0.2, 0.25) is 5.91 Å². The molecule has 2 atom stereocenters. The van der Waals surface area contributed by atoms with Crippen LogP contribution in [0.1, 0.15) is 25.8 Å². The number of benzene rings is 1. The van der Waals surface area contributed by atoms with Crippen molar-refractivity contribution in [2.24, 2.45) is 16.6 Å². The molecule has 1 aliphatic rings. The van der Waals surface area contributed by atoms with Crippen molar-refractivity contribution in [1.82, 2.24) is 10.6 Å². The Kier molecular flexibility index (Phi) is 11.0. The van der Waals surface area contributed by atoms with Crippen LogP contribution < -0.4 is 16.4 Å². The fraction of sp³-hybridized carbons (Fsp3) is 0.350. The average molecular weight is 470 g/mol. The summed E-state index contributed by atoms with van der Waals surface area (Å²) in [6.07, 6.45) is 4.29. The number of nitrogens with one attached hydrogen (secondary N) is 2. The van der Waals surface area contributed by atoms with Gasteiger partial charge in [-0.1, -0.05) is 56.8 Å². The van der Waals surface area contributed by atoms with E-state index in [1.165, 1.54) is 12.3 Å². The second-order valence-electron chi connectivity index (χ2n) is 7.92. The molecule has 11 nitrogen and oxygen atoms in total. The lowest BCUT2D eigenvalue weighted by Crippen LogP contribution is -2.61. The number of rotatable bonds is 11. The lowest BCUT2D eigenvalue weighted by Gasteiger charge is -2.32. The van der Waals surface area contributed by atoms with E-state index in [0.29, 0.717) is 6.42 Å². The summed E-state index contributed by atoms with van der Waals surface area (Å²) in [6.45, 7) is 7.34. The van der Waals surface area contributed by atoms with Gasteiger partial charge in [-0.15, -0.1) is 0 Å². The van der Waals surface area contributed by atoms with Crippen LogP contribution in [-0.2, 0) is 29.7 Å². The van der Waals surface area contributed by atoms with E-state index in [1.54, 1.807) is 0 Å². The molecule has 1 aromatic rings. The van der Waals surface area contributed by atoms with Crippen molar-refractivity contribution in [2.75, 3.05) is 0 Å². The maximum atomic E-state index is 13.3. The largest absolute Gasteiger partial charge is 0.610 e. The number of amides is 2. The Balaban J connectivity index is 2.24. The zero-order valence-electron chi connectivity index (χ0n) is 19.2. The second kappa shape index (κ2) is 13.7. The van der Waals surface area contributed by atoms with Crippen molar-refractivity contribution in [3.05, 3.63) is 60.4 Å². The van der Waals surface area contributed by atoms with Crippen molar-refractivity contribution in [3.8, 4) is 0 Å². The molecule has 2 rings (SSSR count). The minimum atomic E-state index is -1.72. The second-order valence-corrected chi connectivity index (χ2v) is 7.92. The third-order valence-electron chi connectivity index (χ3n) is 4.73. The van der Waals surface area contributed by atoms with Gasteiger partial charge in [0.1, 0.15) is 11.7 Å². The Morgan fingerprint density at radius 3 is 2.35 bits per heavy atom. The average Bonchev–Trinajstić information content (AvgIpc) is 2.78. The van der Waals surface area contributed by atoms with Gasteiger partial charge in [0.25, 0.3) is 5.91 Å². The van der Waals surface area contributed by atoms with Crippen molar-refractivity contribution in [3.63, 3.8) is 0 Å². The molecule has 0 aliphatic carbocycles. The highest BCUT2D eigenvalue weighted by Crippen LogP contribution is 2.15. The Labute approximate surface area is 199 Å². The van der Waals surface area contributed by atoms with Crippen molar-refractivity contribution >= 4 is 39.8 Å². The molecule has 180 valence electrons. The molecule has 1 fully saturated rings. The number of carbonyl (C=O) groups is 2. The monoisotopic (exact) mass is 470 g/mol. The van der Waals surface area contributed by atoms with Gasteiger partial charge in [-0.25, -0.2) is 4.99 Å². The molecular formula is C20H29B3N4O7. The summed E-state index contributed by atoms with van der Waals surface area (Å²) in [5.41, 5.74) is 6.23. The Morgan fingerprint density at radius 2 is 1.79 bits per heavy atom. The Hall–Kier alpha value is -2.90. The lowest BCUT2D eigenvalue weighted by molar-refractivity contribution is -0.127. The Morgan fingerprint density at radius 1 is 1.15 bits per heavy atom. The molecule has 1 aromatic carbocycles. The normalized spacial score (nSPS) is 16.5. The fourth-order valence-electron chi connectivity index (χ4n) is 3.25. The zero-order valence-corrected chi connectivity index (χ0v) is 19.2. The Bertz CT molecular complexity index is 878. The molecule has 0 radical (unpaired) electrons. The molecule has 2 amide bonds. The van der Waals surface area contributed by atoms with E-state index < -0.39 is 45.6 Å². The van der Waals surface area contributed by atoms with E-state index in [4.69, 9.17) is 14.9 Å². The molecule has 14 heteroatoms. The van der Waals surface area contributed by atoms with E-state index >= 15 is 0 Å². The summed E-state index contributed by atoms with van der Waals surface area (Å²) in [5.74, 6) is -1.85. The summed E-state index contributed by atoms with van der Waals surface area (Å²) in [7, 11) is -4.63. The van der Waals surface area contributed by atoms with E-state index in [-0.39, 0.29) is 18.0 Å². The van der Waals surface area contributed by atoms with Crippen molar-refractivity contribution in [2.45, 2.75) is 38.7 Å². The van der Waals surface area contributed by atoms with Crippen LogP contribution in [-0.4, -0.2) is 61.8 Å². The number of carbonyl (C=O) groups excluding carboxylic acids is 2. The van der Waals surface area contributed by atoms with Crippen LogP contribution in [0.2, 0.25) is 0 Å². The van der Waals surface area contributed by atoms with Crippen LogP contribution >= 0.6 is 0 Å². The predicted molar refractivity (Wildman–Crippen MR) is 129 cm³/mol. The van der Waals surface area contributed by atoms with Gasteiger partial charge in [0, 0.05) is 18.8 Å². The number of aliphatic imine (C=N–C) groups is 1. The molecule has 0 saturated carbocycles. The highest BCUT2D eigenvalue weighted by atomic mass is 16.8. The van der Waals surface area contributed by atoms with Gasteiger partial charge in [-0.2, -0.15) is 0 Å². The lowest BCUT2D eigenvalue weighted by atomic mass is 9.69. The van der Waals surface area contributed by atoms with E-state index in [1.807, 2.05) is 44.2 Å². The van der Waals surface area contributed by atoms with Gasteiger partial charge in [0.05, 0.1) is 5.94 Å². The molecule has 0 spiro atoms. The molecule has 1 aliphatic heterocycles. The van der Waals surface area contributed by atoms with Crippen LogP contribution in [0, 0.1) is 5.92 Å². The number of allylic oxidation sites excluding steroid dienone is 1. The first kappa shape index (κ1) is 27.4. The SMILES string of the molecule is C=C/C=N\C(=C/N)C(=O)NC(Cc1ccccc1)C(=O)NC(CC(C)C)B1OB(O)OB(O)O1. The summed E-state index contributed by atoms with van der Waals surface area (Å²) in [5, 5.41) is 24.8. The first-order chi connectivity index (χ1) is 16.2. The third-order valence-corrected chi connectivity index (χ3v) is 4.73. The van der Waals surface area contributed by atoms with Gasteiger partial charge >= 0.3 is 21.8 Å². The molecule has 1 saturated heterocycles. The van der Waals surface area contributed by atoms with Crippen molar-refractivity contribution in [1.29, 1.82) is 0 Å². The van der Waals surface area contributed by atoms with E-state index in [2.05, 4.69) is 26.8 Å². The maximum absolute atomic E-state index is 13.3. The number of nitrogens with two attached hydrogens (primary N) is 1. The van der Waals surface area contributed by atoms with Crippen LogP contribution in [0.15, 0.2) is 59.9 Å². The first-order valence-corrected chi connectivity index (χ1v) is 10.8. The number of nitrogens with zero attached hydrogens (tertiary/aromatic N) is 1. The third kappa shape index (κ3) is 8.80. The first-order valence-electron chi connectivity index (χ1n) is 10.8. The fourth-order valence-corrected chi connectivity index (χ4v) is 3.25. The maximum Gasteiger partial charge on any atom is 0.610 e. The molecule has 2 unspecified atom stereocenters.